The maximum Gasteiger partial charge on any atom is 0.310 e. The molecule has 1 N–H and O–H groups in total. The van der Waals surface area contributed by atoms with Crippen molar-refractivity contribution in [3.05, 3.63) is 29.8 Å². The number of carboxylic acids is 1. The molecular formula is C19H28O4. The van der Waals surface area contributed by atoms with Gasteiger partial charge in [-0.25, -0.2) is 0 Å². The van der Waals surface area contributed by atoms with E-state index < -0.39 is 11.9 Å². The second-order valence-electron chi connectivity index (χ2n) is 6.23. The van der Waals surface area contributed by atoms with Crippen molar-refractivity contribution in [3.63, 3.8) is 0 Å². The topological polar surface area (TPSA) is 55.8 Å². The Morgan fingerprint density at radius 1 is 1.35 bits per heavy atom. The van der Waals surface area contributed by atoms with Gasteiger partial charge in [0.2, 0.25) is 0 Å². The van der Waals surface area contributed by atoms with Crippen molar-refractivity contribution < 1.29 is 19.4 Å². The van der Waals surface area contributed by atoms with E-state index in [9.17, 15) is 9.90 Å². The van der Waals surface area contributed by atoms with E-state index in [-0.39, 0.29) is 6.29 Å². The minimum atomic E-state index is -0.757. The van der Waals surface area contributed by atoms with Crippen LogP contribution in [-0.2, 0) is 9.53 Å². The predicted molar refractivity (Wildman–Crippen MR) is 89.8 cm³/mol. The lowest BCUT2D eigenvalue weighted by molar-refractivity contribution is -0.139. The standard InChI is InChI=1S/C19H28O4/c1-2-3-4-5-11-17(19(20)21)15-9-8-10-16(14-15)23-18-12-6-7-13-22-18/h8-10,14,17-18H,2-7,11-13H2,1H3,(H,20,21). The van der Waals surface area contributed by atoms with Gasteiger partial charge in [0.05, 0.1) is 12.5 Å². The summed E-state index contributed by atoms with van der Waals surface area (Å²) < 4.78 is 11.4. The fourth-order valence-electron chi connectivity index (χ4n) is 2.97. The van der Waals surface area contributed by atoms with E-state index in [1.54, 1.807) is 0 Å². The zero-order chi connectivity index (χ0) is 16.5. The van der Waals surface area contributed by atoms with E-state index in [0.717, 1.165) is 57.1 Å². The van der Waals surface area contributed by atoms with Crippen LogP contribution in [0.3, 0.4) is 0 Å². The highest BCUT2D eigenvalue weighted by molar-refractivity contribution is 5.76. The molecule has 23 heavy (non-hydrogen) atoms. The maximum absolute atomic E-state index is 11.6. The summed E-state index contributed by atoms with van der Waals surface area (Å²) in [4.78, 5) is 11.6. The number of hydrogen-bond acceptors (Lipinski definition) is 3. The van der Waals surface area contributed by atoms with E-state index in [4.69, 9.17) is 9.47 Å². The Morgan fingerprint density at radius 2 is 2.22 bits per heavy atom. The van der Waals surface area contributed by atoms with Crippen LogP contribution in [0.25, 0.3) is 0 Å². The van der Waals surface area contributed by atoms with Crippen molar-refractivity contribution in [2.24, 2.45) is 0 Å². The monoisotopic (exact) mass is 320 g/mol. The van der Waals surface area contributed by atoms with Gasteiger partial charge in [-0.2, -0.15) is 0 Å². The quantitative estimate of drug-likeness (QED) is 0.668. The normalized spacial score (nSPS) is 19.3. The van der Waals surface area contributed by atoms with Crippen LogP contribution in [0.15, 0.2) is 24.3 Å². The van der Waals surface area contributed by atoms with Crippen LogP contribution >= 0.6 is 0 Å². The number of rotatable bonds is 9. The van der Waals surface area contributed by atoms with E-state index in [0.29, 0.717) is 12.2 Å². The fraction of sp³-hybridized carbons (Fsp3) is 0.632. The molecule has 2 unspecified atom stereocenters. The molecule has 128 valence electrons. The van der Waals surface area contributed by atoms with E-state index in [1.807, 2.05) is 24.3 Å². The summed E-state index contributed by atoms with van der Waals surface area (Å²) in [6.07, 6.45) is 7.91. The number of aliphatic carboxylic acids is 1. The molecule has 2 rings (SSSR count). The molecule has 0 aliphatic carbocycles. The molecule has 0 radical (unpaired) electrons. The lowest BCUT2D eigenvalue weighted by atomic mass is 9.93. The minimum absolute atomic E-state index is 0.202. The lowest BCUT2D eigenvalue weighted by Gasteiger charge is -2.24. The maximum atomic E-state index is 11.6. The van der Waals surface area contributed by atoms with Crippen LogP contribution < -0.4 is 4.74 Å². The molecule has 1 saturated heterocycles. The van der Waals surface area contributed by atoms with E-state index >= 15 is 0 Å². The molecule has 0 bridgehead atoms. The third-order valence-corrected chi connectivity index (χ3v) is 4.31. The SMILES string of the molecule is CCCCCCC(C(=O)O)c1cccc(OC2CCCCO2)c1. The predicted octanol–water partition coefficient (Wildman–Crippen LogP) is 4.73. The number of unbranched alkanes of at least 4 members (excludes halogenated alkanes) is 3. The van der Waals surface area contributed by atoms with Crippen LogP contribution in [-0.4, -0.2) is 24.0 Å². The van der Waals surface area contributed by atoms with E-state index in [2.05, 4.69) is 6.92 Å². The van der Waals surface area contributed by atoms with Crippen molar-refractivity contribution in [2.45, 2.75) is 70.5 Å². The minimum Gasteiger partial charge on any atom is -0.481 e. The van der Waals surface area contributed by atoms with E-state index in [1.165, 1.54) is 0 Å². The average Bonchev–Trinajstić information content (AvgIpc) is 2.56. The van der Waals surface area contributed by atoms with Crippen LogP contribution in [0.1, 0.15) is 69.8 Å². The highest BCUT2D eigenvalue weighted by Gasteiger charge is 2.21. The Labute approximate surface area is 138 Å². The van der Waals surface area contributed by atoms with Gasteiger partial charge in [0.25, 0.3) is 0 Å². The van der Waals surface area contributed by atoms with Gasteiger partial charge in [-0.05, 0) is 37.0 Å². The number of benzene rings is 1. The van der Waals surface area contributed by atoms with Gasteiger partial charge >= 0.3 is 5.97 Å². The Hall–Kier alpha value is -1.55. The second-order valence-corrected chi connectivity index (χ2v) is 6.23. The van der Waals surface area contributed by atoms with Gasteiger partial charge in [0.15, 0.2) is 6.29 Å². The number of ether oxygens (including phenoxy) is 2. The summed E-state index contributed by atoms with van der Waals surface area (Å²) in [5.74, 6) is -0.510. The van der Waals surface area contributed by atoms with Gasteiger partial charge in [-0.1, -0.05) is 44.7 Å². The summed E-state index contributed by atoms with van der Waals surface area (Å²) >= 11 is 0. The summed E-state index contributed by atoms with van der Waals surface area (Å²) in [5, 5.41) is 9.53. The number of carbonyl (C=O) groups is 1. The Morgan fingerprint density at radius 3 is 2.91 bits per heavy atom. The molecule has 4 heteroatoms. The number of carboxylic acid groups (broad SMARTS) is 1. The highest BCUT2D eigenvalue weighted by Crippen LogP contribution is 2.27. The average molecular weight is 320 g/mol. The highest BCUT2D eigenvalue weighted by atomic mass is 16.7. The van der Waals surface area contributed by atoms with Crippen LogP contribution in [0.5, 0.6) is 5.75 Å². The molecule has 0 saturated carbocycles. The van der Waals surface area contributed by atoms with Crippen molar-refractivity contribution in [1.82, 2.24) is 0 Å². The molecule has 0 amide bonds. The third kappa shape index (κ3) is 5.87. The molecule has 1 heterocycles. The first kappa shape index (κ1) is 17.8. The molecule has 2 atom stereocenters. The van der Waals surface area contributed by atoms with Gasteiger partial charge in [0.1, 0.15) is 5.75 Å². The Kier molecular flexibility index (Phi) is 7.40. The second kappa shape index (κ2) is 9.56. The van der Waals surface area contributed by atoms with Crippen LogP contribution in [0.2, 0.25) is 0 Å². The Bertz CT molecular complexity index is 480. The molecule has 1 aromatic carbocycles. The molecule has 1 aromatic rings. The number of hydrogen-bond donors (Lipinski definition) is 1. The smallest absolute Gasteiger partial charge is 0.310 e. The molecule has 0 spiro atoms. The fourth-order valence-corrected chi connectivity index (χ4v) is 2.97. The van der Waals surface area contributed by atoms with Gasteiger partial charge in [0, 0.05) is 6.42 Å². The van der Waals surface area contributed by atoms with Crippen molar-refractivity contribution >= 4 is 5.97 Å². The first-order valence-electron chi connectivity index (χ1n) is 8.81. The largest absolute Gasteiger partial charge is 0.481 e. The summed E-state index contributed by atoms with van der Waals surface area (Å²) in [7, 11) is 0. The Balaban J connectivity index is 1.98. The van der Waals surface area contributed by atoms with Gasteiger partial charge in [-0.15, -0.1) is 0 Å². The third-order valence-electron chi connectivity index (χ3n) is 4.31. The van der Waals surface area contributed by atoms with Gasteiger partial charge < -0.3 is 14.6 Å². The van der Waals surface area contributed by atoms with Crippen LogP contribution in [0, 0.1) is 0 Å². The molecule has 1 fully saturated rings. The zero-order valence-corrected chi connectivity index (χ0v) is 14.0. The van der Waals surface area contributed by atoms with Crippen molar-refractivity contribution in [3.8, 4) is 5.75 Å². The first-order valence-corrected chi connectivity index (χ1v) is 8.81. The van der Waals surface area contributed by atoms with Crippen molar-refractivity contribution in [1.29, 1.82) is 0 Å². The summed E-state index contributed by atoms with van der Waals surface area (Å²) in [6, 6.07) is 7.48. The molecule has 1 aliphatic rings. The molecule has 1 aliphatic heterocycles. The summed E-state index contributed by atoms with van der Waals surface area (Å²) in [5.41, 5.74) is 0.822. The molecule has 4 nitrogen and oxygen atoms in total. The first-order chi connectivity index (χ1) is 11.2. The van der Waals surface area contributed by atoms with Gasteiger partial charge in [-0.3, -0.25) is 4.79 Å². The molecular weight excluding hydrogens is 292 g/mol. The van der Waals surface area contributed by atoms with Crippen LogP contribution in [0.4, 0.5) is 0 Å². The molecule has 0 aromatic heterocycles. The lowest BCUT2D eigenvalue weighted by Crippen LogP contribution is -2.25. The van der Waals surface area contributed by atoms with Crippen molar-refractivity contribution in [2.75, 3.05) is 6.61 Å². The summed E-state index contributed by atoms with van der Waals surface area (Å²) in [6.45, 7) is 2.89. The zero-order valence-electron chi connectivity index (χ0n) is 14.0.